The molecule has 36 heavy (non-hydrogen) atoms. The standard InChI is InChI=1S/C28H31N5O3/c1-20-8-9-23(24-18-32(2)28(34)26-22(24)10-11-30-26)27(36-21-6-4-3-5-7-21)25(20)31-19-29-12-13-33-14-16-35-17-15-33/h3-11,18-19,30H,12-17H2,1-2H3,(H,29,31). The Kier molecular flexibility index (Phi) is 7.16. The van der Waals surface area contributed by atoms with Crippen LogP contribution < -0.4 is 15.6 Å². The molecule has 186 valence electrons. The zero-order valence-corrected chi connectivity index (χ0v) is 20.7. The summed E-state index contributed by atoms with van der Waals surface area (Å²) in [4.78, 5) is 22.7. The third-order valence-corrected chi connectivity index (χ3v) is 6.46. The number of morpholine rings is 1. The van der Waals surface area contributed by atoms with Gasteiger partial charge in [-0.15, -0.1) is 0 Å². The average Bonchev–Trinajstić information content (AvgIpc) is 3.40. The van der Waals surface area contributed by atoms with E-state index in [4.69, 9.17) is 9.47 Å². The van der Waals surface area contributed by atoms with Gasteiger partial charge in [0.2, 0.25) is 0 Å². The number of aliphatic imine (C=N–C) groups is 1. The van der Waals surface area contributed by atoms with Crippen molar-refractivity contribution in [1.29, 1.82) is 0 Å². The van der Waals surface area contributed by atoms with Gasteiger partial charge >= 0.3 is 0 Å². The van der Waals surface area contributed by atoms with E-state index in [9.17, 15) is 4.79 Å². The van der Waals surface area contributed by atoms with Crippen LogP contribution in [0.1, 0.15) is 5.56 Å². The second-order valence-corrected chi connectivity index (χ2v) is 8.91. The number of hydrogen-bond acceptors (Lipinski definition) is 5. The molecule has 0 radical (unpaired) electrons. The third-order valence-electron chi connectivity index (χ3n) is 6.46. The number of anilines is 1. The minimum absolute atomic E-state index is 0.0675. The summed E-state index contributed by atoms with van der Waals surface area (Å²) in [5.41, 5.74) is 4.16. The summed E-state index contributed by atoms with van der Waals surface area (Å²) in [6.45, 7) is 7.11. The number of fused-ring (bicyclic) bond motifs is 1. The van der Waals surface area contributed by atoms with Crippen molar-refractivity contribution in [2.45, 2.75) is 6.92 Å². The van der Waals surface area contributed by atoms with E-state index >= 15 is 0 Å². The van der Waals surface area contributed by atoms with Crippen molar-refractivity contribution in [3.63, 3.8) is 0 Å². The summed E-state index contributed by atoms with van der Waals surface area (Å²) in [5, 5.41) is 4.23. The van der Waals surface area contributed by atoms with Crippen molar-refractivity contribution in [2.24, 2.45) is 12.0 Å². The monoisotopic (exact) mass is 485 g/mol. The van der Waals surface area contributed by atoms with Crippen LogP contribution in [0.2, 0.25) is 0 Å². The quantitative estimate of drug-likeness (QED) is 0.285. The number of nitrogens with zero attached hydrogens (tertiary/aromatic N) is 3. The molecule has 0 saturated carbocycles. The third kappa shape index (κ3) is 5.05. The molecule has 4 aromatic rings. The smallest absolute Gasteiger partial charge is 0.274 e. The molecule has 0 atom stereocenters. The molecule has 1 aliphatic rings. The molecule has 3 heterocycles. The summed E-state index contributed by atoms with van der Waals surface area (Å²) < 4.78 is 13.5. The molecule has 1 saturated heterocycles. The first-order valence-electron chi connectivity index (χ1n) is 12.2. The Morgan fingerprint density at radius 2 is 1.92 bits per heavy atom. The zero-order chi connectivity index (χ0) is 24.9. The van der Waals surface area contributed by atoms with E-state index in [1.807, 2.05) is 55.6 Å². The highest BCUT2D eigenvalue weighted by atomic mass is 16.5. The Morgan fingerprint density at radius 3 is 2.72 bits per heavy atom. The van der Waals surface area contributed by atoms with Crippen LogP contribution in [-0.2, 0) is 11.8 Å². The fourth-order valence-electron chi connectivity index (χ4n) is 4.47. The maximum Gasteiger partial charge on any atom is 0.274 e. The molecule has 8 heteroatoms. The molecule has 0 bridgehead atoms. The average molecular weight is 486 g/mol. The zero-order valence-electron chi connectivity index (χ0n) is 20.7. The van der Waals surface area contributed by atoms with Crippen molar-refractivity contribution in [1.82, 2.24) is 14.5 Å². The van der Waals surface area contributed by atoms with Gasteiger partial charge in [0.1, 0.15) is 11.3 Å². The first-order valence-corrected chi connectivity index (χ1v) is 12.2. The normalized spacial score (nSPS) is 14.5. The maximum absolute atomic E-state index is 12.6. The van der Waals surface area contributed by atoms with Crippen LogP contribution in [0.25, 0.3) is 22.0 Å². The predicted molar refractivity (Wildman–Crippen MR) is 144 cm³/mol. The molecular formula is C28H31N5O3. The van der Waals surface area contributed by atoms with Gasteiger partial charge in [-0.05, 0) is 30.7 Å². The Morgan fingerprint density at radius 1 is 1.11 bits per heavy atom. The molecular weight excluding hydrogens is 454 g/mol. The molecule has 1 aliphatic heterocycles. The van der Waals surface area contributed by atoms with Gasteiger partial charge < -0.3 is 24.3 Å². The van der Waals surface area contributed by atoms with Crippen LogP contribution in [0.4, 0.5) is 5.69 Å². The number of aromatic amines is 1. The lowest BCUT2D eigenvalue weighted by Crippen LogP contribution is -2.37. The van der Waals surface area contributed by atoms with Crippen LogP contribution in [0.5, 0.6) is 11.5 Å². The van der Waals surface area contributed by atoms with Crippen molar-refractivity contribution < 1.29 is 9.47 Å². The van der Waals surface area contributed by atoms with E-state index in [0.29, 0.717) is 17.8 Å². The number of nitrogens with one attached hydrogen (secondary N) is 2. The van der Waals surface area contributed by atoms with E-state index in [0.717, 1.165) is 66.4 Å². The first kappa shape index (κ1) is 23.8. The van der Waals surface area contributed by atoms with E-state index in [2.05, 4.69) is 26.3 Å². The van der Waals surface area contributed by atoms with Crippen LogP contribution in [0.15, 0.2) is 70.7 Å². The summed E-state index contributed by atoms with van der Waals surface area (Å²) in [7, 11) is 1.76. The van der Waals surface area contributed by atoms with Crippen molar-refractivity contribution in [2.75, 3.05) is 44.7 Å². The Labute approximate surface area is 210 Å². The van der Waals surface area contributed by atoms with Gasteiger partial charge in [0, 0.05) is 55.6 Å². The highest BCUT2D eigenvalue weighted by molar-refractivity contribution is 5.98. The van der Waals surface area contributed by atoms with Crippen LogP contribution in [-0.4, -0.2) is 60.2 Å². The number of rotatable bonds is 8. The molecule has 0 unspecified atom stereocenters. The number of benzene rings is 2. The SMILES string of the molecule is Cc1ccc(-c2cn(C)c(=O)c3[nH]ccc23)c(Oc2ccccc2)c1NC=NCCN1CCOCC1. The van der Waals surface area contributed by atoms with Crippen LogP contribution >= 0.6 is 0 Å². The molecule has 0 amide bonds. The van der Waals surface area contributed by atoms with Gasteiger partial charge in [0.05, 0.1) is 31.8 Å². The second-order valence-electron chi connectivity index (χ2n) is 8.91. The van der Waals surface area contributed by atoms with Gasteiger partial charge in [-0.2, -0.15) is 0 Å². The van der Waals surface area contributed by atoms with Gasteiger partial charge in [0.15, 0.2) is 5.75 Å². The summed E-state index contributed by atoms with van der Waals surface area (Å²) in [6.07, 6.45) is 5.40. The summed E-state index contributed by atoms with van der Waals surface area (Å²) in [6, 6.07) is 15.7. The lowest BCUT2D eigenvalue weighted by Gasteiger charge is -2.25. The molecule has 0 spiro atoms. The van der Waals surface area contributed by atoms with Gasteiger partial charge in [-0.3, -0.25) is 14.7 Å². The molecule has 5 rings (SSSR count). The second kappa shape index (κ2) is 10.8. The highest BCUT2D eigenvalue weighted by Gasteiger charge is 2.19. The number of aromatic nitrogens is 2. The van der Waals surface area contributed by atoms with E-state index in [1.165, 1.54) is 0 Å². The number of H-pyrrole nitrogens is 1. The molecule has 0 aliphatic carbocycles. The van der Waals surface area contributed by atoms with E-state index in [-0.39, 0.29) is 5.56 Å². The van der Waals surface area contributed by atoms with E-state index in [1.54, 1.807) is 24.2 Å². The molecule has 1 fully saturated rings. The highest BCUT2D eigenvalue weighted by Crippen LogP contribution is 2.43. The molecule has 2 N–H and O–H groups in total. The van der Waals surface area contributed by atoms with Gasteiger partial charge in [-0.25, -0.2) is 0 Å². The Balaban J connectivity index is 1.51. The number of hydrogen-bond donors (Lipinski definition) is 2. The summed E-state index contributed by atoms with van der Waals surface area (Å²) in [5.74, 6) is 1.41. The largest absolute Gasteiger partial charge is 0.455 e. The van der Waals surface area contributed by atoms with Gasteiger partial charge in [-0.1, -0.05) is 30.3 Å². The minimum atomic E-state index is -0.0675. The molecule has 2 aromatic carbocycles. The number of aryl methyl sites for hydroxylation is 2. The van der Waals surface area contributed by atoms with Crippen molar-refractivity contribution >= 4 is 22.9 Å². The van der Waals surface area contributed by atoms with Gasteiger partial charge in [0.25, 0.3) is 5.56 Å². The molecule has 2 aromatic heterocycles. The fourth-order valence-corrected chi connectivity index (χ4v) is 4.47. The number of pyridine rings is 1. The molecule has 8 nitrogen and oxygen atoms in total. The summed E-state index contributed by atoms with van der Waals surface area (Å²) >= 11 is 0. The Hall–Kier alpha value is -3.88. The fraction of sp³-hybridized carbons (Fsp3) is 0.286. The lowest BCUT2D eigenvalue weighted by atomic mass is 9.99. The number of ether oxygens (including phenoxy) is 2. The van der Waals surface area contributed by atoms with Crippen LogP contribution in [0.3, 0.4) is 0 Å². The predicted octanol–water partition coefficient (Wildman–Crippen LogP) is 4.41. The number of para-hydroxylation sites is 1. The van der Waals surface area contributed by atoms with Crippen molar-refractivity contribution in [3.05, 3.63) is 76.8 Å². The maximum atomic E-state index is 12.6. The minimum Gasteiger partial charge on any atom is -0.455 e. The van der Waals surface area contributed by atoms with Crippen LogP contribution in [0, 0.1) is 6.92 Å². The van der Waals surface area contributed by atoms with E-state index < -0.39 is 0 Å². The Bertz CT molecular complexity index is 1420. The van der Waals surface area contributed by atoms with Crippen molar-refractivity contribution in [3.8, 4) is 22.6 Å². The first-order chi connectivity index (χ1) is 17.6. The lowest BCUT2D eigenvalue weighted by molar-refractivity contribution is 0.0395. The topological polar surface area (TPSA) is 83.9 Å².